The van der Waals surface area contributed by atoms with Gasteiger partial charge in [-0.25, -0.2) is 4.79 Å². The van der Waals surface area contributed by atoms with Crippen molar-refractivity contribution in [2.75, 3.05) is 19.0 Å². The summed E-state index contributed by atoms with van der Waals surface area (Å²) >= 11 is 4.72. The van der Waals surface area contributed by atoms with Crippen LogP contribution in [0, 0.1) is 0 Å². The molecule has 7 heteroatoms. The lowest BCUT2D eigenvalue weighted by atomic mass is 10.1. The lowest BCUT2D eigenvalue weighted by Crippen LogP contribution is -2.21. The number of ether oxygens (including phenoxy) is 2. The Balaban J connectivity index is 1.68. The fourth-order valence-corrected chi connectivity index (χ4v) is 3.69. The Morgan fingerprint density at radius 3 is 2.76 bits per heavy atom. The van der Waals surface area contributed by atoms with Gasteiger partial charge in [-0.15, -0.1) is 11.3 Å². The van der Waals surface area contributed by atoms with E-state index >= 15 is 0 Å². The molecule has 0 bridgehead atoms. The van der Waals surface area contributed by atoms with Crippen LogP contribution in [0.4, 0.5) is 5.69 Å². The largest absolute Gasteiger partial charge is 0.483 e. The summed E-state index contributed by atoms with van der Waals surface area (Å²) in [6.45, 7) is -0.173. The first-order valence-electron chi connectivity index (χ1n) is 7.36. The molecule has 0 aliphatic carbocycles. The number of thiophene rings is 1. The zero-order chi connectivity index (χ0) is 17.8. The molecule has 0 atom stereocenters. The zero-order valence-electron chi connectivity index (χ0n) is 13.2. The molecule has 3 aromatic rings. The Labute approximate surface area is 156 Å². The molecule has 0 radical (unpaired) electrons. The van der Waals surface area contributed by atoms with Crippen LogP contribution in [0.5, 0.6) is 5.75 Å². The molecule has 1 aromatic heterocycles. The molecule has 3 rings (SSSR count). The number of fused-ring (bicyclic) bond motifs is 1. The summed E-state index contributed by atoms with van der Waals surface area (Å²) in [7, 11) is 1.30. The van der Waals surface area contributed by atoms with E-state index in [9.17, 15) is 9.59 Å². The van der Waals surface area contributed by atoms with Crippen LogP contribution in [0.1, 0.15) is 9.67 Å². The first-order valence-corrected chi connectivity index (χ1v) is 9.03. The molecular formula is C18H14BrNO4S. The van der Waals surface area contributed by atoms with Crippen LogP contribution in [0.2, 0.25) is 0 Å². The average molecular weight is 420 g/mol. The van der Waals surface area contributed by atoms with Crippen molar-refractivity contribution in [3.8, 4) is 5.75 Å². The van der Waals surface area contributed by atoms with Crippen molar-refractivity contribution in [2.45, 2.75) is 0 Å². The number of nitrogens with one attached hydrogen (secondary N) is 1. The van der Waals surface area contributed by atoms with Crippen LogP contribution in [-0.4, -0.2) is 25.6 Å². The standard InChI is InChI=1S/C18H14BrNO4S/c1-23-18(22)17-13(8-9-25-17)20-15(21)10-24-14-7-6-11-4-2-3-5-12(11)16(14)19/h2-9H,10H2,1H3,(H,20,21). The minimum atomic E-state index is -0.483. The van der Waals surface area contributed by atoms with Gasteiger partial charge in [-0.2, -0.15) is 0 Å². The smallest absolute Gasteiger partial charge is 0.350 e. The van der Waals surface area contributed by atoms with Crippen molar-refractivity contribution in [3.63, 3.8) is 0 Å². The van der Waals surface area contributed by atoms with Crippen LogP contribution in [0.15, 0.2) is 52.3 Å². The van der Waals surface area contributed by atoms with Gasteiger partial charge in [-0.3, -0.25) is 4.79 Å². The highest BCUT2D eigenvalue weighted by molar-refractivity contribution is 9.10. The van der Waals surface area contributed by atoms with E-state index < -0.39 is 5.97 Å². The topological polar surface area (TPSA) is 64.6 Å². The van der Waals surface area contributed by atoms with Crippen molar-refractivity contribution in [3.05, 3.63) is 57.2 Å². The summed E-state index contributed by atoms with van der Waals surface area (Å²) in [4.78, 5) is 24.1. The van der Waals surface area contributed by atoms with Gasteiger partial charge >= 0.3 is 5.97 Å². The molecule has 5 nitrogen and oxygen atoms in total. The predicted octanol–water partition coefficient (Wildman–Crippen LogP) is 4.47. The van der Waals surface area contributed by atoms with Crippen molar-refractivity contribution in [1.82, 2.24) is 0 Å². The molecule has 1 N–H and O–H groups in total. The maximum Gasteiger partial charge on any atom is 0.350 e. The first kappa shape index (κ1) is 17.4. The van der Waals surface area contributed by atoms with Gasteiger partial charge in [0.2, 0.25) is 0 Å². The van der Waals surface area contributed by atoms with Gasteiger partial charge in [-0.05, 0) is 44.2 Å². The molecular weight excluding hydrogens is 406 g/mol. The number of amides is 1. The van der Waals surface area contributed by atoms with E-state index in [1.165, 1.54) is 18.4 Å². The van der Waals surface area contributed by atoms with Crippen LogP contribution < -0.4 is 10.1 Å². The third kappa shape index (κ3) is 3.83. The lowest BCUT2D eigenvalue weighted by Gasteiger charge is -2.11. The first-order chi connectivity index (χ1) is 12.1. The molecule has 0 unspecified atom stereocenters. The van der Waals surface area contributed by atoms with Gasteiger partial charge in [0.15, 0.2) is 6.61 Å². The Morgan fingerprint density at radius 1 is 1.16 bits per heavy atom. The number of methoxy groups -OCH3 is 1. The number of anilines is 1. The summed E-state index contributed by atoms with van der Waals surface area (Å²) in [6, 6.07) is 13.3. The Bertz CT molecular complexity index is 938. The molecule has 1 heterocycles. The molecule has 0 saturated heterocycles. The minimum Gasteiger partial charge on any atom is -0.483 e. The van der Waals surface area contributed by atoms with E-state index in [4.69, 9.17) is 4.74 Å². The predicted molar refractivity (Wildman–Crippen MR) is 101 cm³/mol. The highest BCUT2D eigenvalue weighted by Gasteiger charge is 2.16. The number of hydrogen-bond donors (Lipinski definition) is 1. The van der Waals surface area contributed by atoms with Gasteiger partial charge in [0.1, 0.15) is 10.6 Å². The summed E-state index contributed by atoms with van der Waals surface area (Å²) in [5.74, 6) is -0.264. The minimum absolute atomic E-state index is 0.173. The molecule has 0 spiro atoms. The van der Waals surface area contributed by atoms with Crippen molar-refractivity contribution < 1.29 is 19.1 Å². The van der Waals surface area contributed by atoms with Crippen LogP contribution in [-0.2, 0) is 9.53 Å². The second-order valence-corrected chi connectivity index (χ2v) is 6.80. The highest BCUT2D eigenvalue weighted by atomic mass is 79.9. The number of rotatable bonds is 5. The Kier molecular flexibility index (Phi) is 5.35. The number of halogens is 1. The summed E-state index contributed by atoms with van der Waals surface area (Å²) in [5, 5.41) is 6.46. The Hall–Kier alpha value is -2.38. The molecule has 0 aliphatic rings. The van der Waals surface area contributed by atoms with E-state index in [-0.39, 0.29) is 12.5 Å². The van der Waals surface area contributed by atoms with Gasteiger partial charge in [0.05, 0.1) is 17.3 Å². The van der Waals surface area contributed by atoms with Crippen LogP contribution >= 0.6 is 27.3 Å². The highest BCUT2D eigenvalue weighted by Crippen LogP contribution is 2.33. The quantitative estimate of drug-likeness (QED) is 0.619. The number of esters is 1. The van der Waals surface area contributed by atoms with Crippen molar-refractivity contribution in [2.24, 2.45) is 0 Å². The van der Waals surface area contributed by atoms with Crippen LogP contribution in [0.3, 0.4) is 0 Å². The molecule has 1 amide bonds. The van der Waals surface area contributed by atoms with E-state index in [1.54, 1.807) is 11.4 Å². The third-order valence-electron chi connectivity index (χ3n) is 3.50. The zero-order valence-corrected chi connectivity index (χ0v) is 15.6. The number of benzene rings is 2. The summed E-state index contributed by atoms with van der Waals surface area (Å²) in [5.41, 5.74) is 0.419. The Morgan fingerprint density at radius 2 is 1.96 bits per heavy atom. The number of carbonyl (C=O) groups is 2. The molecule has 0 fully saturated rings. The van der Waals surface area contributed by atoms with Gasteiger partial charge in [0, 0.05) is 0 Å². The van der Waals surface area contributed by atoms with Crippen LogP contribution in [0.25, 0.3) is 10.8 Å². The van der Waals surface area contributed by atoms with E-state index in [0.29, 0.717) is 16.3 Å². The summed E-state index contributed by atoms with van der Waals surface area (Å²) < 4.78 is 11.1. The fraction of sp³-hybridized carbons (Fsp3) is 0.111. The molecule has 128 valence electrons. The van der Waals surface area contributed by atoms with Crippen molar-refractivity contribution >= 4 is 55.6 Å². The van der Waals surface area contributed by atoms with E-state index in [1.807, 2.05) is 36.4 Å². The average Bonchev–Trinajstić information content (AvgIpc) is 3.08. The summed E-state index contributed by atoms with van der Waals surface area (Å²) in [6.07, 6.45) is 0. The van der Waals surface area contributed by atoms with Gasteiger partial charge in [-0.1, -0.05) is 30.3 Å². The molecule has 0 saturated carbocycles. The second kappa shape index (κ2) is 7.67. The van der Waals surface area contributed by atoms with Gasteiger partial charge in [0.25, 0.3) is 5.91 Å². The monoisotopic (exact) mass is 419 g/mol. The number of carbonyl (C=O) groups excluding carboxylic acids is 2. The molecule has 2 aromatic carbocycles. The van der Waals surface area contributed by atoms with E-state index in [0.717, 1.165) is 15.2 Å². The molecule has 0 aliphatic heterocycles. The van der Waals surface area contributed by atoms with Crippen molar-refractivity contribution in [1.29, 1.82) is 0 Å². The lowest BCUT2D eigenvalue weighted by molar-refractivity contribution is -0.118. The third-order valence-corrected chi connectivity index (χ3v) is 5.21. The van der Waals surface area contributed by atoms with Gasteiger partial charge < -0.3 is 14.8 Å². The second-order valence-electron chi connectivity index (χ2n) is 5.09. The molecule has 25 heavy (non-hydrogen) atoms. The normalized spacial score (nSPS) is 10.5. The van der Waals surface area contributed by atoms with E-state index in [2.05, 4.69) is 26.0 Å². The maximum atomic E-state index is 12.1. The number of hydrogen-bond acceptors (Lipinski definition) is 5. The maximum absolute atomic E-state index is 12.1. The SMILES string of the molecule is COC(=O)c1sccc1NC(=O)COc1ccc2ccccc2c1Br. The fourth-order valence-electron chi connectivity index (χ4n) is 2.31.